The van der Waals surface area contributed by atoms with Crippen LogP contribution in [0.15, 0.2) is 64.4 Å². The van der Waals surface area contributed by atoms with Crippen LogP contribution in [0.3, 0.4) is 0 Å². The molecule has 26 heavy (non-hydrogen) atoms. The minimum absolute atomic E-state index is 0.0284. The predicted octanol–water partition coefficient (Wildman–Crippen LogP) is 4.13. The van der Waals surface area contributed by atoms with Gasteiger partial charge in [0.05, 0.1) is 12.2 Å². The van der Waals surface area contributed by atoms with E-state index in [0.717, 1.165) is 48.1 Å². The number of nitrogens with one attached hydrogen (secondary N) is 1. The Morgan fingerprint density at radius 3 is 2.58 bits per heavy atom. The molecule has 138 valence electrons. The summed E-state index contributed by atoms with van der Waals surface area (Å²) in [5.74, 6) is 0.656. The second-order valence-electron chi connectivity index (χ2n) is 6.71. The van der Waals surface area contributed by atoms with E-state index < -0.39 is 0 Å². The molecule has 1 heterocycles. The number of rotatable bonds is 7. The lowest BCUT2D eigenvalue weighted by Crippen LogP contribution is -2.35. The van der Waals surface area contributed by atoms with E-state index in [1.54, 1.807) is 11.8 Å². The number of hydrogen-bond acceptors (Lipinski definition) is 4. The first kappa shape index (κ1) is 19.0. The molecule has 1 aliphatic heterocycles. The summed E-state index contributed by atoms with van der Waals surface area (Å²) < 4.78 is 5.40. The lowest BCUT2D eigenvalue weighted by molar-refractivity contribution is -0.117. The number of benzene rings is 2. The van der Waals surface area contributed by atoms with Crippen molar-refractivity contribution in [3.8, 4) is 0 Å². The third-order valence-corrected chi connectivity index (χ3v) is 5.54. The smallest absolute Gasteiger partial charge is 0.238 e. The number of anilines is 1. The molecule has 4 nitrogen and oxygen atoms in total. The molecule has 1 N–H and O–H groups in total. The Morgan fingerprint density at radius 2 is 1.81 bits per heavy atom. The van der Waals surface area contributed by atoms with Gasteiger partial charge < -0.3 is 10.1 Å². The molecule has 1 saturated heterocycles. The number of para-hydroxylation sites is 1. The van der Waals surface area contributed by atoms with Crippen molar-refractivity contribution in [2.24, 2.45) is 5.92 Å². The minimum atomic E-state index is 0.0284. The van der Waals surface area contributed by atoms with Crippen molar-refractivity contribution in [2.45, 2.75) is 22.6 Å². The molecule has 0 spiro atoms. The molecule has 0 atom stereocenters. The maximum atomic E-state index is 12.5. The lowest BCUT2D eigenvalue weighted by Gasteiger charge is -2.26. The van der Waals surface area contributed by atoms with Gasteiger partial charge in [-0.2, -0.15) is 0 Å². The maximum absolute atomic E-state index is 12.5. The van der Waals surface area contributed by atoms with Crippen molar-refractivity contribution in [3.05, 3.63) is 54.6 Å². The van der Waals surface area contributed by atoms with Crippen LogP contribution in [-0.4, -0.2) is 44.2 Å². The van der Waals surface area contributed by atoms with Gasteiger partial charge >= 0.3 is 0 Å². The Labute approximate surface area is 159 Å². The molecule has 0 aliphatic carbocycles. The molecule has 1 amide bonds. The molecule has 1 aliphatic rings. The van der Waals surface area contributed by atoms with Crippen LogP contribution >= 0.6 is 11.8 Å². The average molecular weight is 371 g/mol. The van der Waals surface area contributed by atoms with E-state index in [1.807, 2.05) is 49.5 Å². The van der Waals surface area contributed by atoms with Crippen LogP contribution in [0.5, 0.6) is 0 Å². The fourth-order valence-corrected chi connectivity index (χ4v) is 4.07. The lowest BCUT2D eigenvalue weighted by atomic mass is 10.00. The highest BCUT2D eigenvalue weighted by Crippen LogP contribution is 2.33. The largest absolute Gasteiger partial charge is 0.381 e. The molecule has 0 bridgehead atoms. The standard InChI is InChI=1S/C21H26N2O2S/c1-23(15-17-11-13-25-14-12-17)16-21(24)22-19-9-5-6-10-20(19)26-18-7-3-2-4-8-18/h2-10,17H,11-16H2,1H3,(H,22,24). The number of hydrogen-bond donors (Lipinski definition) is 1. The Bertz CT molecular complexity index is 702. The summed E-state index contributed by atoms with van der Waals surface area (Å²) in [7, 11) is 2.01. The zero-order chi connectivity index (χ0) is 18.2. The molecule has 0 saturated carbocycles. The zero-order valence-corrected chi connectivity index (χ0v) is 16.0. The van der Waals surface area contributed by atoms with E-state index in [-0.39, 0.29) is 5.91 Å². The number of nitrogens with zero attached hydrogens (tertiary/aromatic N) is 1. The van der Waals surface area contributed by atoms with E-state index in [2.05, 4.69) is 22.3 Å². The van der Waals surface area contributed by atoms with Crippen molar-refractivity contribution in [3.63, 3.8) is 0 Å². The van der Waals surface area contributed by atoms with Crippen LogP contribution in [0.25, 0.3) is 0 Å². The second-order valence-corrected chi connectivity index (χ2v) is 7.83. The fraction of sp³-hybridized carbons (Fsp3) is 0.381. The molecular weight excluding hydrogens is 344 g/mol. The summed E-state index contributed by atoms with van der Waals surface area (Å²) in [6.45, 7) is 3.03. The van der Waals surface area contributed by atoms with E-state index in [4.69, 9.17) is 4.74 Å². The Balaban J connectivity index is 1.55. The van der Waals surface area contributed by atoms with Crippen LogP contribution in [0.4, 0.5) is 5.69 Å². The van der Waals surface area contributed by atoms with Crippen LogP contribution in [0.2, 0.25) is 0 Å². The summed E-state index contributed by atoms with van der Waals surface area (Å²) in [6.07, 6.45) is 2.17. The second kappa shape index (κ2) is 9.76. The quantitative estimate of drug-likeness (QED) is 0.795. The van der Waals surface area contributed by atoms with Crippen LogP contribution in [0, 0.1) is 5.92 Å². The maximum Gasteiger partial charge on any atom is 0.238 e. The van der Waals surface area contributed by atoms with Gasteiger partial charge in [0.15, 0.2) is 0 Å². The van der Waals surface area contributed by atoms with Gasteiger partial charge in [0.2, 0.25) is 5.91 Å². The van der Waals surface area contributed by atoms with Gasteiger partial charge in [-0.3, -0.25) is 9.69 Å². The number of carbonyl (C=O) groups is 1. The Morgan fingerprint density at radius 1 is 1.12 bits per heavy atom. The number of carbonyl (C=O) groups excluding carboxylic acids is 1. The SMILES string of the molecule is CN(CC(=O)Nc1ccccc1Sc1ccccc1)CC1CCOCC1. The average Bonchev–Trinajstić information content (AvgIpc) is 2.65. The minimum Gasteiger partial charge on any atom is -0.381 e. The van der Waals surface area contributed by atoms with Gasteiger partial charge in [-0.05, 0) is 50.1 Å². The summed E-state index contributed by atoms with van der Waals surface area (Å²) in [6, 6.07) is 18.2. The van der Waals surface area contributed by atoms with Gasteiger partial charge in [0, 0.05) is 29.5 Å². The highest BCUT2D eigenvalue weighted by molar-refractivity contribution is 7.99. The van der Waals surface area contributed by atoms with Gasteiger partial charge in [-0.15, -0.1) is 0 Å². The molecule has 0 aromatic heterocycles. The first-order chi connectivity index (χ1) is 12.7. The van der Waals surface area contributed by atoms with E-state index in [9.17, 15) is 4.79 Å². The molecular formula is C21H26N2O2S. The fourth-order valence-electron chi connectivity index (χ4n) is 3.14. The highest BCUT2D eigenvalue weighted by Gasteiger charge is 2.17. The molecule has 1 fully saturated rings. The van der Waals surface area contributed by atoms with Crippen molar-refractivity contribution < 1.29 is 9.53 Å². The number of amides is 1. The third kappa shape index (κ3) is 5.87. The first-order valence-electron chi connectivity index (χ1n) is 9.09. The monoisotopic (exact) mass is 370 g/mol. The summed E-state index contributed by atoms with van der Waals surface area (Å²) >= 11 is 1.66. The first-order valence-corrected chi connectivity index (χ1v) is 9.90. The Kier molecular flexibility index (Phi) is 7.12. The van der Waals surface area contributed by atoms with Crippen LogP contribution < -0.4 is 5.32 Å². The molecule has 3 rings (SSSR count). The van der Waals surface area contributed by atoms with Crippen molar-refractivity contribution in [1.29, 1.82) is 0 Å². The normalized spacial score (nSPS) is 15.2. The van der Waals surface area contributed by atoms with Crippen molar-refractivity contribution in [1.82, 2.24) is 4.90 Å². The zero-order valence-electron chi connectivity index (χ0n) is 15.2. The van der Waals surface area contributed by atoms with Crippen molar-refractivity contribution in [2.75, 3.05) is 38.7 Å². The summed E-state index contributed by atoms with van der Waals surface area (Å²) in [5, 5.41) is 3.07. The molecule has 2 aromatic carbocycles. The van der Waals surface area contributed by atoms with E-state index >= 15 is 0 Å². The van der Waals surface area contributed by atoms with Gasteiger partial charge in [-0.1, -0.05) is 42.1 Å². The number of ether oxygens (including phenoxy) is 1. The van der Waals surface area contributed by atoms with E-state index in [1.165, 1.54) is 0 Å². The van der Waals surface area contributed by atoms with Gasteiger partial charge in [-0.25, -0.2) is 0 Å². The topological polar surface area (TPSA) is 41.6 Å². The molecule has 0 unspecified atom stereocenters. The van der Waals surface area contributed by atoms with Crippen LogP contribution in [0.1, 0.15) is 12.8 Å². The van der Waals surface area contributed by atoms with Gasteiger partial charge in [0.1, 0.15) is 0 Å². The Hall–Kier alpha value is -1.82. The van der Waals surface area contributed by atoms with Crippen LogP contribution in [-0.2, 0) is 9.53 Å². The molecule has 2 aromatic rings. The van der Waals surface area contributed by atoms with Crippen molar-refractivity contribution >= 4 is 23.4 Å². The number of likely N-dealkylation sites (N-methyl/N-ethyl adjacent to an activating group) is 1. The third-order valence-electron chi connectivity index (χ3n) is 4.46. The molecule has 0 radical (unpaired) electrons. The van der Waals surface area contributed by atoms with Gasteiger partial charge in [0.25, 0.3) is 0 Å². The van der Waals surface area contributed by atoms with E-state index in [0.29, 0.717) is 12.5 Å². The molecule has 5 heteroatoms. The summed E-state index contributed by atoms with van der Waals surface area (Å²) in [5.41, 5.74) is 0.866. The highest BCUT2D eigenvalue weighted by atomic mass is 32.2. The predicted molar refractivity (Wildman–Crippen MR) is 107 cm³/mol. The summed E-state index contributed by atoms with van der Waals surface area (Å²) in [4.78, 5) is 16.8.